The molecule has 0 fully saturated rings. The number of carbonyl (C=O) groups is 1. The standard InChI is InChI=1S/C31H30N4O2/c1-23(25-13-6-3-7-14-25)32-29(36)19-21-35(20-18-24-11-4-2-5-12-24)31-26-15-8-9-16-27(26)33-30(34-31)28-17-10-22-37-28/h2-17,22-23H,18-21H2,1H3,(H,32,36)/t23-/m1/s1. The van der Waals surface area contributed by atoms with E-state index in [9.17, 15) is 4.79 Å². The number of furan rings is 1. The number of benzene rings is 3. The number of hydrogen-bond acceptors (Lipinski definition) is 5. The molecule has 37 heavy (non-hydrogen) atoms. The number of rotatable bonds is 10. The molecule has 0 saturated carbocycles. The fraction of sp³-hybridized carbons (Fsp3) is 0.194. The summed E-state index contributed by atoms with van der Waals surface area (Å²) in [6.45, 7) is 3.25. The minimum atomic E-state index is -0.0584. The summed E-state index contributed by atoms with van der Waals surface area (Å²) in [5.41, 5.74) is 3.16. The molecule has 6 heteroatoms. The molecule has 0 saturated heterocycles. The summed E-state index contributed by atoms with van der Waals surface area (Å²) >= 11 is 0. The van der Waals surface area contributed by atoms with Gasteiger partial charge in [-0.25, -0.2) is 9.97 Å². The van der Waals surface area contributed by atoms with Crippen LogP contribution in [0.2, 0.25) is 0 Å². The molecule has 0 aliphatic carbocycles. The van der Waals surface area contributed by atoms with Crippen molar-refractivity contribution < 1.29 is 9.21 Å². The Bertz CT molecular complexity index is 1440. The van der Waals surface area contributed by atoms with Crippen LogP contribution in [0.1, 0.15) is 30.5 Å². The minimum Gasteiger partial charge on any atom is -0.461 e. The van der Waals surface area contributed by atoms with Crippen LogP contribution in [0, 0.1) is 0 Å². The number of para-hydroxylation sites is 1. The zero-order valence-electron chi connectivity index (χ0n) is 20.9. The molecular weight excluding hydrogens is 460 g/mol. The van der Waals surface area contributed by atoms with E-state index in [1.165, 1.54) is 5.56 Å². The highest BCUT2D eigenvalue weighted by molar-refractivity contribution is 5.91. The van der Waals surface area contributed by atoms with Gasteiger partial charge in [-0.3, -0.25) is 4.79 Å². The first-order valence-electron chi connectivity index (χ1n) is 12.6. The first-order chi connectivity index (χ1) is 18.2. The van der Waals surface area contributed by atoms with Gasteiger partial charge in [-0.05, 0) is 48.7 Å². The van der Waals surface area contributed by atoms with Gasteiger partial charge in [0.05, 0.1) is 17.8 Å². The third kappa shape index (κ3) is 6.04. The zero-order chi connectivity index (χ0) is 25.5. The number of hydrogen-bond donors (Lipinski definition) is 1. The van der Waals surface area contributed by atoms with Crippen LogP contribution in [-0.2, 0) is 11.2 Å². The third-order valence-corrected chi connectivity index (χ3v) is 6.42. The van der Waals surface area contributed by atoms with Gasteiger partial charge in [0.1, 0.15) is 5.82 Å². The van der Waals surface area contributed by atoms with Gasteiger partial charge in [0.2, 0.25) is 5.91 Å². The van der Waals surface area contributed by atoms with E-state index in [1.54, 1.807) is 6.26 Å². The second-order valence-electron chi connectivity index (χ2n) is 9.04. The molecular formula is C31H30N4O2. The number of amides is 1. The minimum absolute atomic E-state index is 0.00526. The van der Waals surface area contributed by atoms with Crippen LogP contribution in [0.15, 0.2) is 108 Å². The predicted octanol–water partition coefficient (Wildman–Crippen LogP) is 6.21. The van der Waals surface area contributed by atoms with Crippen LogP contribution in [-0.4, -0.2) is 29.0 Å². The van der Waals surface area contributed by atoms with Crippen LogP contribution in [0.4, 0.5) is 5.82 Å². The van der Waals surface area contributed by atoms with Crippen molar-refractivity contribution in [3.8, 4) is 11.6 Å². The summed E-state index contributed by atoms with van der Waals surface area (Å²) in [7, 11) is 0. The Morgan fingerprint density at radius 3 is 2.35 bits per heavy atom. The van der Waals surface area contributed by atoms with Crippen molar-refractivity contribution in [1.29, 1.82) is 0 Å². The molecule has 0 spiro atoms. The molecule has 186 valence electrons. The smallest absolute Gasteiger partial charge is 0.222 e. The normalized spacial score (nSPS) is 11.8. The largest absolute Gasteiger partial charge is 0.461 e. The molecule has 5 aromatic rings. The molecule has 3 aromatic carbocycles. The second kappa shape index (κ2) is 11.5. The van der Waals surface area contributed by atoms with E-state index in [1.807, 2.05) is 91.9 Å². The van der Waals surface area contributed by atoms with Crippen molar-refractivity contribution in [2.45, 2.75) is 25.8 Å². The van der Waals surface area contributed by atoms with Gasteiger partial charge < -0.3 is 14.6 Å². The fourth-order valence-corrected chi connectivity index (χ4v) is 4.42. The van der Waals surface area contributed by atoms with Gasteiger partial charge in [-0.15, -0.1) is 0 Å². The molecule has 6 nitrogen and oxygen atoms in total. The SMILES string of the molecule is C[C@@H](NC(=O)CCN(CCc1ccccc1)c1nc(-c2ccco2)nc2ccccc12)c1ccccc1. The summed E-state index contributed by atoms with van der Waals surface area (Å²) in [4.78, 5) is 24.8. The molecule has 5 rings (SSSR count). The highest BCUT2D eigenvalue weighted by atomic mass is 16.3. The van der Waals surface area contributed by atoms with E-state index in [0.717, 1.165) is 28.7 Å². The lowest BCUT2D eigenvalue weighted by molar-refractivity contribution is -0.121. The van der Waals surface area contributed by atoms with Crippen LogP contribution in [0.3, 0.4) is 0 Å². The number of carbonyl (C=O) groups excluding carboxylic acids is 1. The van der Waals surface area contributed by atoms with Crippen molar-refractivity contribution >= 4 is 22.6 Å². The average Bonchev–Trinajstić information content (AvgIpc) is 3.49. The summed E-state index contributed by atoms with van der Waals surface area (Å²) in [5.74, 6) is 1.96. The van der Waals surface area contributed by atoms with E-state index in [-0.39, 0.29) is 11.9 Å². The van der Waals surface area contributed by atoms with Crippen molar-refractivity contribution in [3.63, 3.8) is 0 Å². The fourth-order valence-electron chi connectivity index (χ4n) is 4.42. The average molecular weight is 491 g/mol. The Morgan fingerprint density at radius 1 is 0.865 bits per heavy atom. The first kappa shape index (κ1) is 24.3. The summed E-state index contributed by atoms with van der Waals surface area (Å²) in [6, 6.07) is 32.0. The number of aromatic nitrogens is 2. The highest BCUT2D eigenvalue weighted by Gasteiger charge is 2.18. The Hall–Kier alpha value is -4.45. The van der Waals surface area contributed by atoms with E-state index >= 15 is 0 Å². The number of anilines is 1. The van der Waals surface area contributed by atoms with Gasteiger partial charge in [-0.1, -0.05) is 72.8 Å². The highest BCUT2D eigenvalue weighted by Crippen LogP contribution is 2.28. The number of fused-ring (bicyclic) bond motifs is 1. The van der Waals surface area contributed by atoms with Gasteiger partial charge in [-0.2, -0.15) is 0 Å². The van der Waals surface area contributed by atoms with Crippen molar-refractivity contribution in [2.24, 2.45) is 0 Å². The van der Waals surface area contributed by atoms with E-state index in [0.29, 0.717) is 31.1 Å². The summed E-state index contributed by atoms with van der Waals surface area (Å²) < 4.78 is 5.61. The molecule has 0 aliphatic rings. The molecule has 0 bridgehead atoms. The lowest BCUT2D eigenvalue weighted by atomic mass is 10.1. The Morgan fingerprint density at radius 2 is 1.59 bits per heavy atom. The molecule has 1 amide bonds. The van der Waals surface area contributed by atoms with Gasteiger partial charge >= 0.3 is 0 Å². The van der Waals surface area contributed by atoms with Gasteiger partial charge in [0.15, 0.2) is 11.6 Å². The maximum atomic E-state index is 13.0. The molecule has 2 aromatic heterocycles. The molecule has 1 atom stereocenters. The molecule has 0 unspecified atom stereocenters. The molecule has 2 heterocycles. The van der Waals surface area contributed by atoms with Crippen LogP contribution >= 0.6 is 0 Å². The van der Waals surface area contributed by atoms with Crippen molar-refractivity contribution in [3.05, 3.63) is 114 Å². The van der Waals surface area contributed by atoms with Crippen LogP contribution in [0.5, 0.6) is 0 Å². The number of nitrogens with zero attached hydrogens (tertiary/aromatic N) is 3. The maximum Gasteiger partial charge on any atom is 0.222 e. The third-order valence-electron chi connectivity index (χ3n) is 6.42. The lowest BCUT2D eigenvalue weighted by Crippen LogP contribution is -2.34. The van der Waals surface area contributed by atoms with Crippen molar-refractivity contribution in [2.75, 3.05) is 18.0 Å². The quantitative estimate of drug-likeness (QED) is 0.252. The van der Waals surface area contributed by atoms with E-state index < -0.39 is 0 Å². The maximum absolute atomic E-state index is 13.0. The van der Waals surface area contributed by atoms with Crippen LogP contribution < -0.4 is 10.2 Å². The predicted molar refractivity (Wildman–Crippen MR) is 147 cm³/mol. The Labute approximate surface area is 217 Å². The van der Waals surface area contributed by atoms with Gasteiger partial charge in [0, 0.05) is 24.9 Å². The van der Waals surface area contributed by atoms with E-state index in [4.69, 9.17) is 14.4 Å². The van der Waals surface area contributed by atoms with Crippen LogP contribution in [0.25, 0.3) is 22.5 Å². The van der Waals surface area contributed by atoms with Gasteiger partial charge in [0.25, 0.3) is 0 Å². The molecule has 0 aliphatic heterocycles. The van der Waals surface area contributed by atoms with Crippen molar-refractivity contribution in [1.82, 2.24) is 15.3 Å². The van der Waals surface area contributed by atoms with E-state index in [2.05, 4.69) is 22.3 Å². The summed E-state index contributed by atoms with van der Waals surface area (Å²) in [6.07, 6.45) is 2.80. The lowest BCUT2D eigenvalue weighted by Gasteiger charge is -2.26. The topological polar surface area (TPSA) is 71.3 Å². The Balaban J connectivity index is 1.41. The second-order valence-corrected chi connectivity index (χ2v) is 9.04. The Kier molecular flexibility index (Phi) is 7.55. The number of nitrogens with one attached hydrogen (secondary N) is 1. The monoisotopic (exact) mass is 490 g/mol. The molecule has 0 radical (unpaired) electrons. The molecule has 1 N–H and O–H groups in total. The summed E-state index contributed by atoms with van der Waals surface area (Å²) in [5, 5.41) is 4.08. The first-order valence-corrected chi connectivity index (χ1v) is 12.6. The zero-order valence-corrected chi connectivity index (χ0v) is 20.9.